The van der Waals surface area contributed by atoms with Crippen molar-refractivity contribution in [2.45, 2.75) is 44.2 Å². The van der Waals surface area contributed by atoms with Gasteiger partial charge in [0.1, 0.15) is 5.54 Å². The largest absolute Gasteiger partial charge is 0.387 e. The third kappa shape index (κ3) is 3.08. The molecule has 0 radical (unpaired) electrons. The lowest BCUT2D eigenvalue weighted by Crippen LogP contribution is -2.49. The minimum atomic E-state index is -0.917. The lowest BCUT2D eigenvalue weighted by atomic mass is 9.77. The molecule has 1 aromatic carbocycles. The van der Waals surface area contributed by atoms with E-state index in [0.29, 0.717) is 29.3 Å². The van der Waals surface area contributed by atoms with Crippen molar-refractivity contribution in [1.29, 1.82) is 0 Å². The van der Waals surface area contributed by atoms with E-state index < -0.39 is 17.7 Å². The van der Waals surface area contributed by atoms with Gasteiger partial charge < -0.3 is 10.4 Å². The molecule has 1 heterocycles. The molecule has 124 valence electrons. The number of β-amino-alcohol motifs (C(OH)–C–C–N with tert-alkyl or cyclic N) is 1. The van der Waals surface area contributed by atoms with Crippen LogP contribution in [0.15, 0.2) is 24.3 Å². The van der Waals surface area contributed by atoms with Crippen LogP contribution in [0, 0.1) is 5.92 Å². The fraction of sp³-hybridized carbons (Fsp3) is 0.529. The number of carbonyl (C=O) groups excluding carboxylic acids is 2. The molecule has 23 heavy (non-hydrogen) atoms. The highest BCUT2D eigenvalue weighted by atomic mass is 35.5. The Labute approximate surface area is 140 Å². The van der Waals surface area contributed by atoms with Gasteiger partial charge in [-0.1, -0.05) is 30.7 Å². The molecule has 0 bridgehead atoms. The van der Waals surface area contributed by atoms with Crippen molar-refractivity contribution in [2.24, 2.45) is 5.92 Å². The normalized spacial score (nSPS) is 29.0. The van der Waals surface area contributed by atoms with Gasteiger partial charge in [-0.05, 0) is 49.3 Å². The average molecular weight is 337 g/mol. The minimum Gasteiger partial charge on any atom is -0.387 e. The van der Waals surface area contributed by atoms with Crippen molar-refractivity contribution in [3.63, 3.8) is 0 Å². The monoisotopic (exact) mass is 336 g/mol. The highest BCUT2D eigenvalue weighted by molar-refractivity contribution is 6.30. The van der Waals surface area contributed by atoms with Crippen molar-refractivity contribution in [3.8, 4) is 0 Å². The number of imide groups is 1. The molecule has 3 rings (SSSR count). The fourth-order valence-electron chi connectivity index (χ4n) is 3.40. The summed E-state index contributed by atoms with van der Waals surface area (Å²) in [6.07, 6.45) is 2.29. The molecule has 5 nitrogen and oxygen atoms in total. The third-order valence-electron chi connectivity index (χ3n) is 4.98. The summed E-state index contributed by atoms with van der Waals surface area (Å²) >= 11 is 5.83. The second-order valence-corrected chi connectivity index (χ2v) is 7.11. The van der Waals surface area contributed by atoms with Gasteiger partial charge in [-0.25, -0.2) is 4.79 Å². The molecule has 6 heteroatoms. The number of hydrogen-bond donors (Lipinski definition) is 2. The van der Waals surface area contributed by atoms with Crippen LogP contribution in [0.4, 0.5) is 4.79 Å². The van der Waals surface area contributed by atoms with Crippen LogP contribution >= 0.6 is 11.6 Å². The summed E-state index contributed by atoms with van der Waals surface area (Å²) in [5, 5.41) is 13.8. The van der Waals surface area contributed by atoms with Crippen LogP contribution in [0.5, 0.6) is 0 Å². The van der Waals surface area contributed by atoms with Gasteiger partial charge in [0.2, 0.25) is 0 Å². The molecule has 3 amide bonds. The van der Waals surface area contributed by atoms with E-state index in [0.717, 1.165) is 17.7 Å². The van der Waals surface area contributed by atoms with Crippen LogP contribution < -0.4 is 5.32 Å². The quantitative estimate of drug-likeness (QED) is 0.834. The highest BCUT2D eigenvalue weighted by Crippen LogP contribution is 2.36. The Morgan fingerprint density at radius 3 is 2.52 bits per heavy atom. The number of benzene rings is 1. The SMILES string of the molecule is CC1CCC2(CC1)NC(=O)N(CC(O)c1ccc(Cl)cc1)C2=O. The topological polar surface area (TPSA) is 69.6 Å². The first kappa shape index (κ1) is 16.3. The van der Waals surface area contributed by atoms with Gasteiger partial charge in [0.15, 0.2) is 0 Å². The first-order valence-corrected chi connectivity index (χ1v) is 8.37. The van der Waals surface area contributed by atoms with E-state index in [1.165, 1.54) is 0 Å². The summed E-state index contributed by atoms with van der Waals surface area (Å²) in [6, 6.07) is 6.34. The molecular weight excluding hydrogens is 316 g/mol. The molecule has 1 aromatic rings. The Morgan fingerprint density at radius 2 is 1.91 bits per heavy atom. The third-order valence-corrected chi connectivity index (χ3v) is 5.24. The Bertz CT molecular complexity index is 609. The van der Waals surface area contributed by atoms with E-state index in [-0.39, 0.29) is 12.5 Å². The number of amides is 3. The number of rotatable bonds is 3. The van der Waals surface area contributed by atoms with E-state index in [2.05, 4.69) is 12.2 Å². The zero-order valence-electron chi connectivity index (χ0n) is 13.1. The van der Waals surface area contributed by atoms with E-state index in [1.54, 1.807) is 24.3 Å². The standard InChI is InChI=1S/C17H21ClN2O3/c1-11-6-8-17(9-7-11)15(22)20(16(23)19-17)10-14(21)12-2-4-13(18)5-3-12/h2-5,11,14,21H,6-10H2,1H3,(H,19,23). The summed E-state index contributed by atoms with van der Waals surface area (Å²) in [7, 11) is 0. The number of nitrogens with one attached hydrogen (secondary N) is 1. The predicted molar refractivity (Wildman–Crippen MR) is 87.0 cm³/mol. The molecule has 0 aromatic heterocycles. The zero-order chi connectivity index (χ0) is 16.6. The van der Waals surface area contributed by atoms with E-state index in [9.17, 15) is 14.7 Å². The van der Waals surface area contributed by atoms with Crippen LogP contribution in [0.1, 0.15) is 44.3 Å². The molecule has 1 saturated carbocycles. The van der Waals surface area contributed by atoms with Crippen LogP contribution in [-0.2, 0) is 4.79 Å². The molecule has 2 N–H and O–H groups in total. The second kappa shape index (κ2) is 6.13. The van der Waals surface area contributed by atoms with E-state index in [1.807, 2.05) is 0 Å². The second-order valence-electron chi connectivity index (χ2n) is 6.68. The lowest BCUT2D eigenvalue weighted by molar-refractivity contribution is -0.133. The Hall–Kier alpha value is -1.59. The van der Waals surface area contributed by atoms with Gasteiger partial charge in [0.25, 0.3) is 5.91 Å². The minimum absolute atomic E-state index is 0.0381. The van der Waals surface area contributed by atoms with Crippen LogP contribution in [-0.4, -0.2) is 34.0 Å². The first-order chi connectivity index (χ1) is 10.9. The molecule has 1 saturated heterocycles. The Balaban J connectivity index is 1.72. The maximum Gasteiger partial charge on any atom is 0.325 e. The number of nitrogens with zero attached hydrogens (tertiary/aromatic N) is 1. The average Bonchev–Trinajstić information content (AvgIpc) is 2.75. The zero-order valence-corrected chi connectivity index (χ0v) is 13.8. The number of aliphatic hydroxyl groups excluding tert-OH is 1. The number of carbonyl (C=O) groups is 2. The van der Waals surface area contributed by atoms with Crippen molar-refractivity contribution < 1.29 is 14.7 Å². The molecular formula is C17H21ClN2O3. The summed E-state index contributed by atoms with van der Waals surface area (Å²) in [5.41, 5.74) is -0.128. The van der Waals surface area contributed by atoms with Gasteiger partial charge >= 0.3 is 6.03 Å². The van der Waals surface area contributed by atoms with Gasteiger partial charge in [0.05, 0.1) is 12.6 Å². The van der Waals surface area contributed by atoms with Gasteiger partial charge in [-0.15, -0.1) is 0 Å². The Morgan fingerprint density at radius 1 is 1.30 bits per heavy atom. The van der Waals surface area contributed by atoms with Crippen molar-refractivity contribution >= 4 is 23.5 Å². The molecule has 1 aliphatic heterocycles. The van der Waals surface area contributed by atoms with Crippen LogP contribution in [0.2, 0.25) is 5.02 Å². The number of urea groups is 1. The first-order valence-electron chi connectivity index (χ1n) is 7.99. The summed E-state index contributed by atoms with van der Waals surface area (Å²) in [6.45, 7) is 2.12. The lowest BCUT2D eigenvalue weighted by Gasteiger charge is -2.33. The van der Waals surface area contributed by atoms with Gasteiger partial charge in [-0.2, -0.15) is 0 Å². The number of halogens is 1. The number of hydrogen-bond acceptors (Lipinski definition) is 3. The Kier molecular flexibility index (Phi) is 4.34. The summed E-state index contributed by atoms with van der Waals surface area (Å²) < 4.78 is 0. The van der Waals surface area contributed by atoms with Gasteiger partial charge in [0, 0.05) is 5.02 Å². The maximum atomic E-state index is 12.7. The fourth-order valence-corrected chi connectivity index (χ4v) is 3.53. The number of aliphatic hydroxyl groups is 1. The maximum absolute atomic E-state index is 12.7. The predicted octanol–water partition coefficient (Wildman–Crippen LogP) is 2.87. The highest BCUT2D eigenvalue weighted by Gasteiger charge is 2.52. The van der Waals surface area contributed by atoms with Gasteiger partial charge in [-0.3, -0.25) is 9.69 Å². The molecule has 1 unspecified atom stereocenters. The summed E-state index contributed by atoms with van der Waals surface area (Å²) in [5.74, 6) is 0.376. The van der Waals surface area contributed by atoms with Crippen molar-refractivity contribution in [2.75, 3.05) is 6.54 Å². The molecule has 2 aliphatic rings. The molecule has 2 fully saturated rings. The van der Waals surface area contributed by atoms with Crippen molar-refractivity contribution in [1.82, 2.24) is 10.2 Å². The smallest absolute Gasteiger partial charge is 0.325 e. The van der Waals surface area contributed by atoms with E-state index >= 15 is 0 Å². The molecule has 1 spiro atoms. The molecule has 1 aliphatic carbocycles. The van der Waals surface area contributed by atoms with E-state index in [4.69, 9.17) is 11.6 Å². The van der Waals surface area contributed by atoms with Crippen molar-refractivity contribution in [3.05, 3.63) is 34.9 Å². The van der Waals surface area contributed by atoms with Crippen LogP contribution in [0.3, 0.4) is 0 Å². The molecule has 1 atom stereocenters. The van der Waals surface area contributed by atoms with Crippen LogP contribution in [0.25, 0.3) is 0 Å². The summed E-state index contributed by atoms with van der Waals surface area (Å²) in [4.78, 5) is 26.1.